The Morgan fingerprint density at radius 2 is 2.09 bits per heavy atom. The lowest BCUT2D eigenvalue weighted by Crippen LogP contribution is -2.07. The van der Waals surface area contributed by atoms with Crippen molar-refractivity contribution in [1.29, 1.82) is 0 Å². The number of thiophene rings is 1. The minimum Gasteiger partial charge on any atom is -0.481 e. The van der Waals surface area contributed by atoms with Crippen molar-refractivity contribution in [2.45, 2.75) is 33.2 Å². The fourth-order valence-corrected chi connectivity index (χ4v) is 3.47. The number of fused-ring (bicyclic) bond motifs is 1. The van der Waals surface area contributed by atoms with Crippen LogP contribution in [0.5, 0.6) is 5.88 Å². The van der Waals surface area contributed by atoms with Crippen LogP contribution in [0.4, 0.5) is 5.82 Å². The quantitative estimate of drug-likeness (QED) is 0.751. The van der Waals surface area contributed by atoms with E-state index in [1.807, 2.05) is 12.4 Å². The van der Waals surface area contributed by atoms with Gasteiger partial charge in [0.15, 0.2) is 0 Å². The second-order valence-corrected chi connectivity index (χ2v) is 6.14. The summed E-state index contributed by atoms with van der Waals surface area (Å²) in [7, 11) is 3.58. The average molecular weight is 331 g/mol. The highest BCUT2D eigenvalue weighted by molar-refractivity contribution is 7.16. The fraction of sp³-hybridized carbons (Fsp3) is 0.438. The Morgan fingerprint density at radius 3 is 2.78 bits per heavy atom. The van der Waals surface area contributed by atoms with Gasteiger partial charge in [-0.05, 0) is 17.9 Å². The van der Waals surface area contributed by atoms with Crippen LogP contribution in [-0.4, -0.2) is 26.9 Å². The highest BCUT2D eigenvalue weighted by atomic mass is 32.1. The number of nitrogens with zero attached hydrogens (tertiary/aromatic N) is 4. The molecule has 0 saturated heterocycles. The van der Waals surface area contributed by atoms with Gasteiger partial charge in [0.25, 0.3) is 0 Å². The molecule has 0 spiro atoms. The van der Waals surface area contributed by atoms with Crippen LogP contribution in [0.3, 0.4) is 0 Å². The molecule has 6 nitrogen and oxygen atoms in total. The van der Waals surface area contributed by atoms with Crippen LogP contribution in [-0.2, 0) is 26.4 Å². The standard InChI is InChI=1S/C16H21N5OS/c1-5-12-11(16(22-4)21(3)20-12)9-17-14-10-7-8-23-15(10)19-13(6-2)18-14/h7-8H,5-6,9H2,1-4H3,(H,17,18,19). The van der Waals surface area contributed by atoms with Gasteiger partial charge in [0.1, 0.15) is 16.5 Å². The number of ether oxygens (including phenoxy) is 1. The first-order valence-electron chi connectivity index (χ1n) is 7.74. The Bertz CT molecular complexity index is 823. The molecule has 0 atom stereocenters. The van der Waals surface area contributed by atoms with Crippen molar-refractivity contribution in [3.8, 4) is 5.88 Å². The van der Waals surface area contributed by atoms with Gasteiger partial charge in [0, 0.05) is 20.0 Å². The third kappa shape index (κ3) is 2.88. The SMILES string of the molecule is CCc1nc(NCc2c(CC)nn(C)c2OC)c2ccsc2n1. The number of aryl methyl sites for hydroxylation is 3. The van der Waals surface area contributed by atoms with Gasteiger partial charge in [0.05, 0.1) is 23.8 Å². The van der Waals surface area contributed by atoms with Crippen LogP contribution < -0.4 is 10.1 Å². The molecule has 0 aliphatic rings. The molecule has 1 N–H and O–H groups in total. The molecule has 3 aromatic rings. The first-order chi connectivity index (χ1) is 11.2. The van der Waals surface area contributed by atoms with E-state index in [1.54, 1.807) is 23.1 Å². The Kier molecular flexibility index (Phi) is 4.47. The summed E-state index contributed by atoms with van der Waals surface area (Å²) in [5.74, 6) is 2.53. The molecule has 3 aromatic heterocycles. The van der Waals surface area contributed by atoms with E-state index in [0.717, 1.165) is 51.8 Å². The number of methoxy groups -OCH3 is 1. The highest BCUT2D eigenvalue weighted by Crippen LogP contribution is 2.27. The van der Waals surface area contributed by atoms with Crippen molar-refractivity contribution in [3.63, 3.8) is 0 Å². The van der Waals surface area contributed by atoms with Gasteiger partial charge >= 0.3 is 0 Å². The summed E-state index contributed by atoms with van der Waals surface area (Å²) < 4.78 is 7.28. The molecule has 0 aromatic carbocycles. The summed E-state index contributed by atoms with van der Waals surface area (Å²) in [4.78, 5) is 10.2. The summed E-state index contributed by atoms with van der Waals surface area (Å²) in [6.07, 6.45) is 1.69. The van der Waals surface area contributed by atoms with Crippen molar-refractivity contribution >= 4 is 27.4 Å². The molecule has 23 heavy (non-hydrogen) atoms. The molecule has 122 valence electrons. The highest BCUT2D eigenvalue weighted by Gasteiger charge is 2.16. The number of hydrogen-bond donors (Lipinski definition) is 1. The van der Waals surface area contributed by atoms with Crippen molar-refractivity contribution in [1.82, 2.24) is 19.7 Å². The third-order valence-electron chi connectivity index (χ3n) is 3.82. The van der Waals surface area contributed by atoms with Crippen molar-refractivity contribution in [2.75, 3.05) is 12.4 Å². The minimum absolute atomic E-state index is 0.630. The zero-order valence-electron chi connectivity index (χ0n) is 13.9. The van der Waals surface area contributed by atoms with Gasteiger partial charge < -0.3 is 10.1 Å². The molecule has 0 fully saturated rings. The predicted molar refractivity (Wildman–Crippen MR) is 93.3 cm³/mol. The number of nitrogens with one attached hydrogen (secondary N) is 1. The van der Waals surface area contributed by atoms with Gasteiger partial charge in [-0.2, -0.15) is 5.10 Å². The number of rotatable bonds is 6. The topological polar surface area (TPSA) is 64.9 Å². The maximum Gasteiger partial charge on any atom is 0.216 e. The smallest absolute Gasteiger partial charge is 0.216 e. The van der Waals surface area contributed by atoms with Gasteiger partial charge in [-0.15, -0.1) is 11.3 Å². The van der Waals surface area contributed by atoms with Gasteiger partial charge in [-0.3, -0.25) is 0 Å². The molecule has 0 unspecified atom stereocenters. The van der Waals surface area contributed by atoms with Gasteiger partial charge in [0.2, 0.25) is 5.88 Å². The molecule has 7 heteroatoms. The van der Waals surface area contributed by atoms with E-state index >= 15 is 0 Å². The van der Waals surface area contributed by atoms with Crippen LogP contribution in [0, 0.1) is 0 Å². The van der Waals surface area contributed by atoms with Crippen LogP contribution in [0.25, 0.3) is 10.2 Å². The van der Waals surface area contributed by atoms with E-state index in [-0.39, 0.29) is 0 Å². The zero-order valence-corrected chi connectivity index (χ0v) is 14.7. The Hall–Kier alpha value is -2.15. The van der Waals surface area contributed by atoms with Crippen LogP contribution in [0.1, 0.15) is 30.9 Å². The Labute approximate surface area is 139 Å². The molecule has 0 amide bonds. The van der Waals surface area contributed by atoms with Crippen LogP contribution >= 0.6 is 11.3 Å². The Balaban J connectivity index is 1.93. The summed E-state index contributed by atoms with van der Waals surface area (Å²) in [5, 5.41) is 11.1. The normalized spacial score (nSPS) is 11.1. The second kappa shape index (κ2) is 6.54. The minimum atomic E-state index is 0.630. The van der Waals surface area contributed by atoms with Gasteiger partial charge in [-0.25, -0.2) is 14.6 Å². The average Bonchev–Trinajstić information content (AvgIpc) is 3.15. The second-order valence-electron chi connectivity index (χ2n) is 5.25. The number of aromatic nitrogens is 4. The van der Waals surface area contributed by atoms with E-state index in [4.69, 9.17) is 4.74 Å². The molecule has 0 saturated carbocycles. The third-order valence-corrected chi connectivity index (χ3v) is 4.63. The maximum absolute atomic E-state index is 5.49. The monoisotopic (exact) mass is 331 g/mol. The largest absolute Gasteiger partial charge is 0.481 e. The molecular weight excluding hydrogens is 310 g/mol. The van der Waals surface area contributed by atoms with E-state index in [1.165, 1.54) is 0 Å². The maximum atomic E-state index is 5.49. The molecule has 0 aliphatic heterocycles. The molecule has 3 heterocycles. The Morgan fingerprint density at radius 1 is 1.26 bits per heavy atom. The van der Waals surface area contributed by atoms with Crippen molar-refractivity contribution in [3.05, 3.63) is 28.5 Å². The van der Waals surface area contributed by atoms with Crippen molar-refractivity contribution < 1.29 is 4.74 Å². The summed E-state index contributed by atoms with van der Waals surface area (Å²) in [6, 6.07) is 2.06. The van der Waals surface area contributed by atoms with Crippen LogP contribution in [0.15, 0.2) is 11.4 Å². The van der Waals surface area contributed by atoms with E-state index in [0.29, 0.717) is 6.54 Å². The zero-order chi connectivity index (χ0) is 16.4. The lowest BCUT2D eigenvalue weighted by Gasteiger charge is -2.10. The molecule has 3 rings (SSSR count). The molecular formula is C16H21N5OS. The lowest BCUT2D eigenvalue weighted by atomic mass is 10.2. The van der Waals surface area contributed by atoms with Crippen molar-refractivity contribution in [2.24, 2.45) is 7.05 Å². The molecule has 0 radical (unpaired) electrons. The van der Waals surface area contributed by atoms with E-state index < -0.39 is 0 Å². The fourth-order valence-electron chi connectivity index (χ4n) is 2.69. The molecule has 0 bridgehead atoms. The lowest BCUT2D eigenvalue weighted by molar-refractivity contribution is 0.369. The summed E-state index contributed by atoms with van der Waals surface area (Å²) in [6.45, 7) is 4.80. The van der Waals surface area contributed by atoms with E-state index in [9.17, 15) is 0 Å². The van der Waals surface area contributed by atoms with E-state index in [2.05, 4.69) is 40.3 Å². The number of anilines is 1. The predicted octanol–water partition coefficient (Wildman–Crippen LogP) is 3.17. The first kappa shape index (κ1) is 15.7. The molecule has 0 aliphatic carbocycles. The number of hydrogen-bond acceptors (Lipinski definition) is 6. The van der Waals surface area contributed by atoms with Crippen LogP contribution in [0.2, 0.25) is 0 Å². The first-order valence-corrected chi connectivity index (χ1v) is 8.62. The van der Waals surface area contributed by atoms with Gasteiger partial charge in [-0.1, -0.05) is 13.8 Å². The summed E-state index contributed by atoms with van der Waals surface area (Å²) in [5.41, 5.74) is 2.13. The summed E-state index contributed by atoms with van der Waals surface area (Å²) >= 11 is 1.64.